The molecule has 0 saturated heterocycles. The van der Waals surface area contributed by atoms with Gasteiger partial charge < -0.3 is 11.5 Å². The minimum Gasteiger partial charge on any atom is -0.383 e. The highest BCUT2D eigenvalue weighted by Crippen LogP contribution is 2.24. The highest BCUT2D eigenvalue weighted by molar-refractivity contribution is 7.98. The van der Waals surface area contributed by atoms with E-state index in [9.17, 15) is 0 Å². The molecule has 0 aliphatic heterocycles. The molecule has 2 aromatic heterocycles. The second kappa shape index (κ2) is 5.71. The largest absolute Gasteiger partial charge is 0.383 e. The molecule has 0 bridgehead atoms. The van der Waals surface area contributed by atoms with Gasteiger partial charge in [-0.1, -0.05) is 11.6 Å². The highest BCUT2D eigenvalue weighted by Gasteiger charge is 2.07. The topological polar surface area (TPSA) is 104 Å². The summed E-state index contributed by atoms with van der Waals surface area (Å²) in [6, 6.07) is 7.60. The van der Waals surface area contributed by atoms with Crippen molar-refractivity contribution >= 4 is 46.2 Å². The lowest BCUT2D eigenvalue weighted by atomic mass is 10.4. The molecule has 3 aromatic rings. The van der Waals surface area contributed by atoms with Crippen LogP contribution in [0.4, 0.5) is 11.8 Å². The average Bonchev–Trinajstić information content (AvgIpc) is 2.46. The first-order chi connectivity index (χ1) is 10.1. The molecule has 0 fully saturated rings. The fourth-order valence-corrected chi connectivity index (χ4v) is 2.63. The van der Waals surface area contributed by atoms with Crippen molar-refractivity contribution in [3.63, 3.8) is 0 Å². The summed E-state index contributed by atoms with van der Waals surface area (Å²) in [7, 11) is 0. The molecule has 1 aromatic carbocycles. The van der Waals surface area contributed by atoms with Crippen molar-refractivity contribution in [2.45, 2.75) is 10.6 Å². The summed E-state index contributed by atoms with van der Waals surface area (Å²) in [5, 5.41) is 1.31. The molecule has 0 unspecified atom stereocenters. The summed E-state index contributed by atoms with van der Waals surface area (Å²) in [5.74, 6) is 1.66. The monoisotopic (exact) mass is 318 g/mol. The van der Waals surface area contributed by atoms with Crippen LogP contribution in [0.1, 0.15) is 5.82 Å². The summed E-state index contributed by atoms with van der Waals surface area (Å²) in [5.41, 5.74) is 11.8. The molecule has 0 spiro atoms. The van der Waals surface area contributed by atoms with E-state index in [1.807, 2.05) is 24.3 Å². The van der Waals surface area contributed by atoms with Crippen molar-refractivity contribution in [2.24, 2.45) is 0 Å². The number of nitrogens with two attached hydrogens (primary N) is 2. The van der Waals surface area contributed by atoms with E-state index in [-0.39, 0.29) is 11.8 Å². The van der Waals surface area contributed by atoms with E-state index in [1.54, 1.807) is 18.0 Å². The molecular formula is C13H11ClN6S. The summed E-state index contributed by atoms with van der Waals surface area (Å²) in [4.78, 5) is 17.7. The Morgan fingerprint density at radius 2 is 1.81 bits per heavy atom. The average molecular weight is 319 g/mol. The molecule has 8 heteroatoms. The Morgan fingerprint density at radius 1 is 1.05 bits per heavy atom. The Balaban J connectivity index is 1.82. The summed E-state index contributed by atoms with van der Waals surface area (Å²) in [6.07, 6.45) is 1.62. The number of aromatic nitrogens is 4. The molecule has 0 aliphatic rings. The van der Waals surface area contributed by atoms with Crippen LogP contribution in [0.3, 0.4) is 0 Å². The molecule has 0 saturated carbocycles. The fraction of sp³-hybridized carbons (Fsp3) is 0.0769. The van der Waals surface area contributed by atoms with Gasteiger partial charge in [-0.15, -0.1) is 11.8 Å². The molecule has 3 rings (SSSR count). The molecule has 0 atom stereocenters. The maximum Gasteiger partial charge on any atom is 0.224 e. The predicted molar refractivity (Wildman–Crippen MR) is 85.0 cm³/mol. The van der Waals surface area contributed by atoms with Crippen molar-refractivity contribution in [3.05, 3.63) is 41.3 Å². The van der Waals surface area contributed by atoms with Gasteiger partial charge in [-0.3, -0.25) is 0 Å². The van der Waals surface area contributed by atoms with Crippen molar-refractivity contribution in [1.82, 2.24) is 19.9 Å². The number of anilines is 2. The maximum atomic E-state index is 5.85. The number of hydrogen-bond donors (Lipinski definition) is 2. The molecule has 2 heterocycles. The highest BCUT2D eigenvalue weighted by atomic mass is 35.5. The smallest absolute Gasteiger partial charge is 0.224 e. The molecule has 21 heavy (non-hydrogen) atoms. The zero-order chi connectivity index (χ0) is 14.8. The van der Waals surface area contributed by atoms with Crippen LogP contribution in [0.5, 0.6) is 0 Å². The van der Waals surface area contributed by atoms with Gasteiger partial charge >= 0.3 is 0 Å². The molecule has 0 aliphatic carbocycles. The summed E-state index contributed by atoms with van der Waals surface area (Å²) in [6.45, 7) is 0. The van der Waals surface area contributed by atoms with Gasteiger partial charge in [0.1, 0.15) is 11.6 Å². The van der Waals surface area contributed by atoms with Crippen LogP contribution in [-0.2, 0) is 5.75 Å². The van der Waals surface area contributed by atoms with E-state index in [2.05, 4.69) is 19.9 Å². The van der Waals surface area contributed by atoms with Crippen LogP contribution in [0.25, 0.3) is 11.0 Å². The third kappa shape index (κ3) is 3.14. The quantitative estimate of drug-likeness (QED) is 0.715. The molecular weight excluding hydrogens is 308 g/mol. The molecule has 106 valence electrons. The Kier molecular flexibility index (Phi) is 3.76. The Hall–Kier alpha value is -2.12. The van der Waals surface area contributed by atoms with Crippen LogP contribution in [-0.4, -0.2) is 19.9 Å². The Labute approximate surface area is 130 Å². The van der Waals surface area contributed by atoms with E-state index >= 15 is 0 Å². The summed E-state index contributed by atoms with van der Waals surface area (Å²) < 4.78 is 0. The zero-order valence-electron chi connectivity index (χ0n) is 10.8. The van der Waals surface area contributed by atoms with Gasteiger partial charge in [-0.25, -0.2) is 9.97 Å². The van der Waals surface area contributed by atoms with E-state index in [1.165, 1.54) is 0 Å². The van der Waals surface area contributed by atoms with Gasteiger partial charge in [0.2, 0.25) is 5.95 Å². The number of nitrogens with zero attached hydrogens (tertiary/aromatic N) is 4. The minimum absolute atomic E-state index is 0.106. The number of halogens is 1. The third-order valence-corrected chi connectivity index (χ3v) is 3.99. The van der Waals surface area contributed by atoms with Gasteiger partial charge in [-0.05, 0) is 24.3 Å². The number of rotatable bonds is 3. The van der Waals surface area contributed by atoms with E-state index in [0.717, 1.165) is 4.90 Å². The van der Waals surface area contributed by atoms with Crippen LogP contribution >= 0.6 is 23.4 Å². The zero-order valence-corrected chi connectivity index (χ0v) is 12.4. The predicted octanol–water partition coefficient (Wildman–Crippen LogP) is 2.53. The lowest BCUT2D eigenvalue weighted by Crippen LogP contribution is -2.03. The normalized spacial score (nSPS) is 10.9. The SMILES string of the molecule is Nc1nc(N)c2cnc(CSc3ccc(Cl)cc3)nc2n1. The van der Waals surface area contributed by atoms with Crippen LogP contribution < -0.4 is 11.5 Å². The van der Waals surface area contributed by atoms with Crippen LogP contribution in [0, 0.1) is 0 Å². The van der Waals surface area contributed by atoms with Gasteiger partial charge in [0.15, 0.2) is 5.65 Å². The van der Waals surface area contributed by atoms with Crippen LogP contribution in [0.15, 0.2) is 35.4 Å². The molecule has 0 amide bonds. The van der Waals surface area contributed by atoms with Crippen molar-refractivity contribution in [1.29, 1.82) is 0 Å². The minimum atomic E-state index is 0.106. The number of nitrogen functional groups attached to an aromatic ring is 2. The summed E-state index contributed by atoms with van der Waals surface area (Å²) >= 11 is 7.46. The lowest BCUT2D eigenvalue weighted by molar-refractivity contribution is 1.04. The molecule has 6 nitrogen and oxygen atoms in total. The first-order valence-electron chi connectivity index (χ1n) is 6.05. The maximum absolute atomic E-state index is 5.85. The van der Waals surface area contributed by atoms with Crippen molar-refractivity contribution in [2.75, 3.05) is 11.5 Å². The van der Waals surface area contributed by atoms with Crippen molar-refractivity contribution in [3.8, 4) is 0 Å². The van der Waals surface area contributed by atoms with E-state index in [0.29, 0.717) is 27.6 Å². The van der Waals surface area contributed by atoms with Gasteiger partial charge in [0, 0.05) is 16.1 Å². The van der Waals surface area contributed by atoms with Gasteiger partial charge in [-0.2, -0.15) is 9.97 Å². The van der Waals surface area contributed by atoms with E-state index in [4.69, 9.17) is 23.1 Å². The number of hydrogen-bond acceptors (Lipinski definition) is 7. The Morgan fingerprint density at radius 3 is 2.57 bits per heavy atom. The third-order valence-electron chi connectivity index (χ3n) is 2.73. The standard InChI is InChI=1S/C13H11ClN6S/c14-7-1-3-8(4-2-7)21-6-10-17-5-9-11(15)19-13(16)20-12(9)18-10/h1-5H,6H2,(H4,15,16,17,18,19,20). The number of benzene rings is 1. The Bertz CT molecular complexity index is 793. The van der Waals surface area contributed by atoms with Gasteiger partial charge in [0.05, 0.1) is 11.1 Å². The van der Waals surface area contributed by atoms with Crippen LogP contribution in [0.2, 0.25) is 5.02 Å². The fourth-order valence-electron chi connectivity index (χ4n) is 1.74. The first-order valence-corrected chi connectivity index (χ1v) is 7.41. The van der Waals surface area contributed by atoms with Crippen molar-refractivity contribution < 1.29 is 0 Å². The number of fused-ring (bicyclic) bond motifs is 1. The first kappa shape index (κ1) is 13.8. The second-order valence-electron chi connectivity index (χ2n) is 4.23. The lowest BCUT2D eigenvalue weighted by Gasteiger charge is -2.04. The van der Waals surface area contributed by atoms with E-state index < -0.39 is 0 Å². The molecule has 4 N–H and O–H groups in total. The van der Waals surface area contributed by atoms with Gasteiger partial charge in [0.25, 0.3) is 0 Å². The second-order valence-corrected chi connectivity index (χ2v) is 5.72. The molecule has 0 radical (unpaired) electrons. The number of thioether (sulfide) groups is 1.